The Kier molecular flexibility index (Phi) is 6.65. The highest BCUT2D eigenvalue weighted by Crippen LogP contribution is 2.35. The van der Waals surface area contributed by atoms with Crippen molar-refractivity contribution in [3.63, 3.8) is 0 Å². The summed E-state index contributed by atoms with van der Waals surface area (Å²) in [6, 6.07) is 9.40. The summed E-state index contributed by atoms with van der Waals surface area (Å²) in [6.45, 7) is 0.369. The van der Waals surface area contributed by atoms with E-state index in [1.807, 2.05) is 0 Å². The van der Waals surface area contributed by atoms with Crippen molar-refractivity contribution >= 4 is 12.4 Å². The molecule has 0 spiro atoms. The van der Waals surface area contributed by atoms with Gasteiger partial charge in [0.05, 0.1) is 0 Å². The van der Waals surface area contributed by atoms with Crippen LogP contribution in [0.25, 0.3) is 11.1 Å². The second-order valence-electron chi connectivity index (χ2n) is 4.33. The van der Waals surface area contributed by atoms with Crippen LogP contribution in [-0.4, -0.2) is 19.5 Å². The van der Waals surface area contributed by atoms with Crippen LogP contribution in [0.15, 0.2) is 42.5 Å². The molecule has 0 heterocycles. The van der Waals surface area contributed by atoms with E-state index in [-0.39, 0.29) is 42.4 Å². The third-order valence-electron chi connectivity index (χ3n) is 2.73. The van der Waals surface area contributed by atoms with Crippen LogP contribution in [0, 0.1) is 5.82 Å². The van der Waals surface area contributed by atoms with Gasteiger partial charge in [0, 0.05) is 12.1 Å². The highest BCUT2D eigenvalue weighted by molar-refractivity contribution is 5.85. The highest BCUT2D eigenvalue weighted by Gasteiger charge is 2.32. The van der Waals surface area contributed by atoms with E-state index >= 15 is 0 Å². The normalized spacial score (nSPS) is 10.8. The summed E-state index contributed by atoms with van der Waals surface area (Å²) in [7, 11) is 0. The minimum Gasteiger partial charge on any atom is -0.489 e. The summed E-state index contributed by atoms with van der Waals surface area (Å²) >= 11 is 0. The van der Waals surface area contributed by atoms with E-state index in [0.717, 1.165) is 6.07 Å². The summed E-state index contributed by atoms with van der Waals surface area (Å²) in [5.41, 5.74) is 5.63. The Labute approximate surface area is 136 Å². The summed E-state index contributed by atoms with van der Waals surface area (Å²) in [6.07, 6.45) is -4.82. The van der Waals surface area contributed by atoms with E-state index in [1.165, 1.54) is 36.4 Å². The topological polar surface area (TPSA) is 44.5 Å². The molecule has 0 aromatic heterocycles. The van der Waals surface area contributed by atoms with Gasteiger partial charge < -0.3 is 15.2 Å². The van der Waals surface area contributed by atoms with Crippen LogP contribution >= 0.6 is 12.4 Å². The molecular weight excluding hydrogens is 338 g/mol. The summed E-state index contributed by atoms with van der Waals surface area (Å²) in [4.78, 5) is 0. The Hall–Kier alpha value is -1.99. The smallest absolute Gasteiger partial charge is 0.489 e. The third-order valence-corrected chi connectivity index (χ3v) is 2.73. The fourth-order valence-corrected chi connectivity index (χ4v) is 1.87. The molecule has 0 atom stereocenters. The lowest BCUT2D eigenvalue weighted by Gasteiger charge is -2.14. The van der Waals surface area contributed by atoms with Gasteiger partial charge in [0.2, 0.25) is 0 Å². The standard InChI is InChI=1S/C15H13F4NO2.ClH/c16-12-9-10(5-6-14(12)21-8-7-20)11-3-1-2-4-13(11)22-15(17,18)19;/h1-6,9H,7-8,20H2;1H. The van der Waals surface area contributed by atoms with Crippen molar-refractivity contribution in [2.75, 3.05) is 13.2 Å². The zero-order valence-electron chi connectivity index (χ0n) is 11.8. The van der Waals surface area contributed by atoms with Gasteiger partial charge in [-0.05, 0) is 23.8 Å². The SMILES string of the molecule is Cl.NCCOc1ccc(-c2ccccc2OC(F)(F)F)cc1F. The molecule has 0 bridgehead atoms. The minimum absolute atomic E-state index is 0. The molecule has 0 saturated heterocycles. The van der Waals surface area contributed by atoms with E-state index < -0.39 is 17.9 Å². The molecule has 8 heteroatoms. The predicted molar refractivity (Wildman–Crippen MR) is 80.3 cm³/mol. The lowest BCUT2D eigenvalue weighted by molar-refractivity contribution is -0.274. The molecule has 0 aliphatic rings. The van der Waals surface area contributed by atoms with Crippen molar-refractivity contribution in [1.29, 1.82) is 0 Å². The number of para-hydroxylation sites is 1. The van der Waals surface area contributed by atoms with Gasteiger partial charge in [-0.15, -0.1) is 25.6 Å². The van der Waals surface area contributed by atoms with E-state index in [4.69, 9.17) is 10.5 Å². The zero-order chi connectivity index (χ0) is 16.2. The van der Waals surface area contributed by atoms with Gasteiger partial charge in [-0.2, -0.15) is 0 Å². The third kappa shape index (κ3) is 5.30. The molecule has 0 aliphatic heterocycles. The molecule has 0 aliphatic carbocycles. The Balaban J connectivity index is 0.00000264. The van der Waals surface area contributed by atoms with Crippen molar-refractivity contribution in [2.45, 2.75) is 6.36 Å². The number of hydrogen-bond acceptors (Lipinski definition) is 3. The van der Waals surface area contributed by atoms with Crippen LogP contribution < -0.4 is 15.2 Å². The Bertz CT molecular complexity index is 650. The zero-order valence-corrected chi connectivity index (χ0v) is 12.6. The molecule has 0 amide bonds. The van der Waals surface area contributed by atoms with Gasteiger partial charge in [-0.25, -0.2) is 4.39 Å². The predicted octanol–water partition coefficient (Wildman–Crippen LogP) is 4.15. The van der Waals surface area contributed by atoms with E-state index in [0.29, 0.717) is 0 Å². The van der Waals surface area contributed by atoms with E-state index in [1.54, 1.807) is 0 Å². The number of halogens is 5. The fourth-order valence-electron chi connectivity index (χ4n) is 1.87. The lowest BCUT2D eigenvalue weighted by Crippen LogP contribution is -2.17. The Morgan fingerprint density at radius 3 is 2.30 bits per heavy atom. The Morgan fingerprint density at radius 1 is 1.00 bits per heavy atom. The molecule has 2 aromatic rings. The van der Waals surface area contributed by atoms with Crippen molar-refractivity contribution in [2.24, 2.45) is 5.73 Å². The van der Waals surface area contributed by atoms with E-state index in [2.05, 4.69) is 4.74 Å². The number of ether oxygens (including phenoxy) is 2. The highest BCUT2D eigenvalue weighted by atomic mass is 35.5. The van der Waals surface area contributed by atoms with Crippen LogP contribution in [0.5, 0.6) is 11.5 Å². The first-order valence-corrected chi connectivity index (χ1v) is 6.38. The lowest BCUT2D eigenvalue weighted by atomic mass is 10.0. The first kappa shape index (κ1) is 19.1. The van der Waals surface area contributed by atoms with Gasteiger partial charge in [0.1, 0.15) is 12.4 Å². The number of benzene rings is 2. The molecular formula is C15H14ClF4NO2. The molecule has 0 saturated carbocycles. The number of hydrogen-bond donors (Lipinski definition) is 1. The summed E-state index contributed by atoms with van der Waals surface area (Å²) < 4.78 is 60.1. The number of alkyl halides is 3. The van der Waals surface area contributed by atoms with Crippen LogP contribution in [-0.2, 0) is 0 Å². The van der Waals surface area contributed by atoms with Gasteiger partial charge in [-0.1, -0.05) is 24.3 Å². The number of rotatable bonds is 5. The second kappa shape index (κ2) is 8.03. The average Bonchev–Trinajstić information content (AvgIpc) is 2.45. The average molecular weight is 352 g/mol. The second-order valence-corrected chi connectivity index (χ2v) is 4.33. The first-order chi connectivity index (χ1) is 10.4. The monoisotopic (exact) mass is 351 g/mol. The molecule has 126 valence electrons. The number of nitrogens with two attached hydrogens (primary N) is 1. The maximum atomic E-state index is 13.9. The maximum absolute atomic E-state index is 13.9. The van der Waals surface area contributed by atoms with Crippen LogP contribution in [0.2, 0.25) is 0 Å². The van der Waals surface area contributed by atoms with Crippen molar-refractivity contribution < 1.29 is 27.0 Å². The first-order valence-electron chi connectivity index (χ1n) is 6.38. The summed E-state index contributed by atoms with van der Waals surface area (Å²) in [5, 5.41) is 0. The van der Waals surface area contributed by atoms with Crippen molar-refractivity contribution in [1.82, 2.24) is 0 Å². The molecule has 23 heavy (non-hydrogen) atoms. The van der Waals surface area contributed by atoms with Gasteiger partial charge in [0.15, 0.2) is 11.6 Å². The molecule has 3 nitrogen and oxygen atoms in total. The minimum atomic E-state index is -4.82. The quantitative estimate of drug-likeness (QED) is 0.823. The van der Waals surface area contributed by atoms with Gasteiger partial charge in [0.25, 0.3) is 0 Å². The van der Waals surface area contributed by atoms with E-state index in [9.17, 15) is 17.6 Å². The van der Waals surface area contributed by atoms with Crippen LogP contribution in [0.1, 0.15) is 0 Å². The maximum Gasteiger partial charge on any atom is 0.573 e. The van der Waals surface area contributed by atoms with Gasteiger partial charge >= 0.3 is 6.36 Å². The Morgan fingerprint density at radius 2 is 1.70 bits per heavy atom. The van der Waals surface area contributed by atoms with Gasteiger partial charge in [-0.3, -0.25) is 0 Å². The molecule has 2 N–H and O–H groups in total. The van der Waals surface area contributed by atoms with Crippen molar-refractivity contribution in [3.05, 3.63) is 48.3 Å². The summed E-state index contributed by atoms with van der Waals surface area (Å²) in [5.74, 6) is -1.10. The largest absolute Gasteiger partial charge is 0.573 e. The van der Waals surface area contributed by atoms with Crippen LogP contribution in [0.4, 0.5) is 17.6 Å². The van der Waals surface area contributed by atoms with Crippen LogP contribution in [0.3, 0.4) is 0 Å². The molecule has 0 unspecified atom stereocenters. The van der Waals surface area contributed by atoms with Crippen molar-refractivity contribution in [3.8, 4) is 22.6 Å². The molecule has 2 aromatic carbocycles. The molecule has 0 radical (unpaired) electrons. The fraction of sp³-hybridized carbons (Fsp3) is 0.200. The molecule has 0 fully saturated rings. The molecule has 2 rings (SSSR count).